The van der Waals surface area contributed by atoms with Crippen molar-refractivity contribution in [2.45, 2.75) is 25.5 Å². The molecule has 1 amide bonds. The number of amides is 1. The molecule has 3 aromatic rings. The maximum absolute atomic E-state index is 13.3. The van der Waals surface area contributed by atoms with Crippen LogP contribution in [0.15, 0.2) is 79.0 Å². The van der Waals surface area contributed by atoms with Crippen molar-refractivity contribution in [2.24, 2.45) is 0 Å². The Hall–Kier alpha value is -3.18. The normalized spacial score (nSPS) is 15.8. The highest BCUT2D eigenvalue weighted by molar-refractivity contribution is 6.05. The molecule has 148 valence electrons. The lowest BCUT2D eigenvalue weighted by Gasteiger charge is -2.23. The molecule has 2 heterocycles. The Balaban J connectivity index is 1.49. The lowest BCUT2D eigenvalue weighted by atomic mass is 10.1. The predicted molar refractivity (Wildman–Crippen MR) is 115 cm³/mol. The Bertz CT molecular complexity index is 908. The monoisotopic (exact) mass is 387 g/mol. The number of aromatic nitrogens is 1. The van der Waals surface area contributed by atoms with Crippen LogP contribution in [-0.2, 0) is 11.3 Å². The highest BCUT2D eigenvalue weighted by atomic mass is 16.5. The van der Waals surface area contributed by atoms with E-state index < -0.39 is 0 Å². The maximum atomic E-state index is 13.3. The topological polar surface area (TPSA) is 54.5 Å². The molecule has 0 radical (unpaired) electrons. The summed E-state index contributed by atoms with van der Waals surface area (Å²) < 4.78 is 5.62. The minimum atomic E-state index is -0.0711. The SMILES string of the molecule is O=C(c1ccc(NCC2CCCO2)nc1)N(Cc1ccccc1)c1ccccc1. The number of carbonyl (C=O) groups is 1. The number of nitrogens with zero attached hydrogens (tertiary/aromatic N) is 2. The van der Waals surface area contributed by atoms with Crippen molar-refractivity contribution in [1.29, 1.82) is 0 Å². The third-order valence-corrected chi connectivity index (χ3v) is 5.04. The minimum Gasteiger partial charge on any atom is -0.376 e. The molecule has 2 aromatic carbocycles. The summed E-state index contributed by atoms with van der Waals surface area (Å²) in [5.41, 5.74) is 2.50. The van der Waals surface area contributed by atoms with E-state index in [0.717, 1.165) is 43.1 Å². The highest BCUT2D eigenvalue weighted by Crippen LogP contribution is 2.20. The Morgan fingerprint density at radius 2 is 1.79 bits per heavy atom. The van der Waals surface area contributed by atoms with E-state index in [2.05, 4.69) is 10.3 Å². The van der Waals surface area contributed by atoms with Gasteiger partial charge in [0, 0.05) is 25.0 Å². The van der Waals surface area contributed by atoms with Crippen molar-refractivity contribution in [2.75, 3.05) is 23.4 Å². The largest absolute Gasteiger partial charge is 0.376 e. The van der Waals surface area contributed by atoms with Crippen LogP contribution in [0.4, 0.5) is 11.5 Å². The van der Waals surface area contributed by atoms with E-state index in [1.54, 1.807) is 11.1 Å². The number of nitrogens with one attached hydrogen (secondary N) is 1. The van der Waals surface area contributed by atoms with Gasteiger partial charge in [0.15, 0.2) is 0 Å². The van der Waals surface area contributed by atoms with Crippen LogP contribution in [0.25, 0.3) is 0 Å². The van der Waals surface area contributed by atoms with Crippen molar-refractivity contribution in [3.63, 3.8) is 0 Å². The van der Waals surface area contributed by atoms with Gasteiger partial charge in [0.25, 0.3) is 5.91 Å². The molecule has 1 aliphatic rings. The molecule has 1 N–H and O–H groups in total. The zero-order valence-electron chi connectivity index (χ0n) is 16.3. The van der Waals surface area contributed by atoms with E-state index in [4.69, 9.17) is 4.74 Å². The number of hydrogen-bond donors (Lipinski definition) is 1. The molecule has 5 heteroatoms. The first-order valence-electron chi connectivity index (χ1n) is 10.0. The second kappa shape index (κ2) is 9.34. The van der Waals surface area contributed by atoms with Crippen molar-refractivity contribution < 1.29 is 9.53 Å². The molecule has 0 saturated carbocycles. The molecular formula is C24H25N3O2. The number of carbonyl (C=O) groups excluding carboxylic acids is 1. The Morgan fingerprint density at radius 1 is 1.03 bits per heavy atom. The lowest BCUT2D eigenvalue weighted by molar-refractivity contribution is 0.0984. The second-order valence-corrected chi connectivity index (χ2v) is 7.16. The number of benzene rings is 2. The molecule has 0 aliphatic carbocycles. The standard InChI is InChI=1S/C24H25N3O2/c28-24(20-13-14-23(25-16-20)26-17-22-12-7-15-29-22)27(21-10-5-2-6-11-21)18-19-8-3-1-4-9-19/h1-6,8-11,13-14,16,22H,7,12,15,17-18H2,(H,25,26). The molecule has 29 heavy (non-hydrogen) atoms. The minimum absolute atomic E-state index is 0.0711. The first-order valence-corrected chi connectivity index (χ1v) is 10.0. The van der Waals surface area contributed by atoms with Crippen molar-refractivity contribution in [1.82, 2.24) is 4.98 Å². The first-order chi connectivity index (χ1) is 14.3. The Morgan fingerprint density at radius 3 is 2.45 bits per heavy atom. The van der Waals surface area contributed by atoms with Gasteiger partial charge in [0.2, 0.25) is 0 Å². The summed E-state index contributed by atoms with van der Waals surface area (Å²) in [5.74, 6) is 0.685. The fourth-order valence-electron chi connectivity index (χ4n) is 3.46. The van der Waals surface area contributed by atoms with Gasteiger partial charge >= 0.3 is 0 Å². The number of anilines is 2. The van der Waals surface area contributed by atoms with Gasteiger partial charge in [0.1, 0.15) is 5.82 Å². The fraction of sp³-hybridized carbons (Fsp3) is 0.250. The summed E-state index contributed by atoms with van der Waals surface area (Å²) in [4.78, 5) is 19.5. The predicted octanol–water partition coefficient (Wildman–Crippen LogP) is 4.52. The molecule has 5 nitrogen and oxygen atoms in total. The lowest BCUT2D eigenvalue weighted by Crippen LogP contribution is -2.30. The van der Waals surface area contributed by atoms with Gasteiger partial charge in [-0.05, 0) is 42.7 Å². The molecular weight excluding hydrogens is 362 g/mol. The van der Waals surface area contributed by atoms with Crippen molar-refractivity contribution in [3.8, 4) is 0 Å². The number of rotatable bonds is 7. The molecule has 1 aromatic heterocycles. The van der Waals surface area contributed by atoms with Crippen molar-refractivity contribution in [3.05, 3.63) is 90.1 Å². The number of hydrogen-bond acceptors (Lipinski definition) is 4. The van der Waals surface area contributed by atoms with E-state index in [1.807, 2.05) is 72.8 Å². The van der Waals surface area contributed by atoms with E-state index in [1.165, 1.54) is 0 Å². The molecule has 4 rings (SSSR count). The summed E-state index contributed by atoms with van der Waals surface area (Å²) in [6, 6.07) is 23.4. The van der Waals surface area contributed by atoms with Gasteiger partial charge in [-0.25, -0.2) is 4.98 Å². The molecule has 0 spiro atoms. The molecule has 1 saturated heterocycles. The maximum Gasteiger partial charge on any atom is 0.260 e. The van der Waals surface area contributed by atoms with Crippen LogP contribution in [0, 0.1) is 0 Å². The van der Waals surface area contributed by atoms with Gasteiger partial charge < -0.3 is 15.0 Å². The fourth-order valence-corrected chi connectivity index (χ4v) is 3.46. The zero-order valence-corrected chi connectivity index (χ0v) is 16.3. The molecule has 1 atom stereocenters. The average molecular weight is 387 g/mol. The Kier molecular flexibility index (Phi) is 6.17. The number of pyridine rings is 1. The first kappa shape index (κ1) is 19.2. The molecule has 1 aliphatic heterocycles. The van der Waals surface area contributed by atoms with Crippen LogP contribution in [0.5, 0.6) is 0 Å². The quantitative estimate of drug-likeness (QED) is 0.648. The molecule has 1 fully saturated rings. The van der Waals surface area contributed by atoms with Crippen LogP contribution in [0.2, 0.25) is 0 Å². The summed E-state index contributed by atoms with van der Waals surface area (Å²) in [5, 5.41) is 3.29. The van der Waals surface area contributed by atoms with Crippen LogP contribution in [0.1, 0.15) is 28.8 Å². The van der Waals surface area contributed by atoms with Crippen LogP contribution in [-0.4, -0.2) is 30.1 Å². The summed E-state index contributed by atoms with van der Waals surface area (Å²) in [7, 11) is 0. The van der Waals surface area contributed by atoms with Crippen molar-refractivity contribution >= 4 is 17.4 Å². The van der Waals surface area contributed by atoms with E-state index >= 15 is 0 Å². The van der Waals surface area contributed by atoms with E-state index in [-0.39, 0.29) is 12.0 Å². The Labute approximate surface area is 171 Å². The summed E-state index contributed by atoms with van der Waals surface area (Å²) in [6.07, 6.45) is 4.08. The van der Waals surface area contributed by atoms with Crippen LogP contribution >= 0.6 is 0 Å². The second-order valence-electron chi connectivity index (χ2n) is 7.16. The third kappa shape index (κ3) is 5.00. The van der Waals surface area contributed by atoms with Crippen LogP contribution < -0.4 is 10.2 Å². The summed E-state index contributed by atoms with van der Waals surface area (Å²) in [6.45, 7) is 2.08. The third-order valence-electron chi connectivity index (χ3n) is 5.04. The van der Waals surface area contributed by atoms with Gasteiger partial charge in [-0.2, -0.15) is 0 Å². The van der Waals surface area contributed by atoms with Gasteiger partial charge in [-0.3, -0.25) is 4.79 Å². The van der Waals surface area contributed by atoms with Gasteiger partial charge in [0.05, 0.1) is 18.2 Å². The zero-order chi connectivity index (χ0) is 19.9. The molecule has 0 bridgehead atoms. The van der Waals surface area contributed by atoms with E-state index in [9.17, 15) is 4.79 Å². The number of para-hydroxylation sites is 1. The number of ether oxygens (including phenoxy) is 1. The smallest absolute Gasteiger partial charge is 0.260 e. The molecule has 1 unspecified atom stereocenters. The average Bonchev–Trinajstić information content (AvgIpc) is 3.31. The highest BCUT2D eigenvalue weighted by Gasteiger charge is 2.19. The van der Waals surface area contributed by atoms with Gasteiger partial charge in [-0.1, -0.05) is 48.5 Å². The summed E-state index contributed by atoms with van der Waals surface area (Å²) >= 11 is 0. The van der Waals surface area contributed by atoms with Crippen LogP contribution in [0.3, 0.4) is 0 Å². The van der Waals surface area contributed by atoms with Gasteiger partial charge in [-0.15, -0.1) is 0 Å². The van der Waals surface area contributed by atoms with E-state index in [0.29, 0.717) is 12.1 Å².